The fourth-order valence-corrected chi connectivity index (χ4v) is 2.59. The normalized spacial score (nSPS) is 14.1. The molecule has 1 aliphatic carbocycles. The van der Waals surface area contributed by atoms with E-state index in [0.717, 1.165) is 35.6 Å². The van der Waals surface area contributed by atoms with Crippen molar-refractivity contribution in [2.75, 3.05) is 18.9 Å². The minimum absolute atomic E-state index is 0.0131. The third-order valence-corrected chi connectivity index (χ3v) is 3.99. The second-order valence-corrected chi connectivity index (χ2v) is 5.66. The smallest absolute Gasteiger partial charge is 0.252 e. The number of nitrogens with one attached hydrogen (secondary N) is 2. The van der Waals surface area contributed by atoms with Crippen molar-refractivity contribution >= 4 is 22.6 Å². The predicted octanol–water partition coefficient (Wildman–Crippen LogP) is 3.20. The summed E-state index contributed by atoms with van der Waals surface area (Å²) in [7, 11) is 1.81. The molecule has 110 valence electrons. The van der Waals surface area contributed by atoms with Gasteiger partial charge in [0.2, 0.25) is 0 Å². The fraction of sp³-hybridized carbons (Fsp3) is 0.412. The zero-order chi connectivity index (χ0) is 14.7. The van der Waals surface area contributed by atoms with Gasteiger partial charge in [-0.05, 0) is 30.9 Å². The number of benzene rings is 1. The molecule has 21 heavy (non-hydrogen) atoms. The Morgan fingerprint density at radius 3 is 2.90 bits per heavy atom. The summed E-state index contributed by atoms with van der Waals surface area (Å²) in [5, 5.41) is 6.94. The van der Waals surface area contributed by atoms with E-state index in [2.05, 4.69) is 15.6 Å². The summed E-state index contributed by atoms with van der Waals surface area (Å²) in [6.07, 6.45) is 5.04. The number of para-hydroxylation sites is 1. The van der Waals surface area contributed by atoms with Gasteiger partial charge in [-0.3, -0.25) is 4.79 Å². The first-order valence-corrected chi connectivity index (χ1v) is 7.63. The maximum atomic E-state index is 12.4. The van der Waals surface area contributed by atoms with E-state index in [0.29, 0.717) is 5.56 Å². The highest BCUT2D eigenvalue weighted by Crippen LogP contribution is 2.33. The first kappa shape index (κ1) is 13.9. The van der Waals surface area contributed by atoms with Gasteiger partial charge in [-0.1, -0.05) is 31.0 Å². The Labute approximate surface area is 125 Å². The number of hydrogen-bond acceptors (Lipinski definition) is 3. The summed E-state index contributed by atoms with van der Waals surface area (Å²) in [4.78, 5) is 16.9. The number of pyridine rings is 1. The Hall–Kier alpha value is -2.10. The van der Waals surface area contributed by atoms with Gasteiger partial charge in [0.1, 0.15) is 5.82 Å². The fourth-order valence-electron chi connectivity index (χ4n) is 2.59. The lowest BCUT2D eigenvalue weighted by atomic mass is 10.1. The topological polar surface area (TPSA) is 54.0 Å². The lowest BCUT2D eigenvalue weighted by molar-refractivity contribution is 0.0954. The molecule has 1 aromatic carbocycles. The Balaban J connectivity index is 1.75. The highest BCUT2D eigenvalue weighted by molar-refractivity contribution is 6.06. The molecule has 4 heteroatoms. The van der Waals surface area contributed by atoms with E-state index in [1.54, 1.807) is 0 Å². The lowest BCUT2D eigenvalue weighted by Crippen LogP contribution is -2.25. The number of aromatic nitrogens is 1. The van der Waals surface area contributed by atoms with Crippen LogP contribution in [-0.2, 0) is 0 Å². The highest BCUT2D eigenvalue weighted by Gasteiger charge is 2.20. The predicted molar refractivity (Wildman–Crippen MR) is 85.6 cm³/mol. The van der Waals surface area contributed by atoms with Crippen LogP contribution < -0.4 is 10.6 Å². The molecule has 0 saturated heterocycles. The van der Waals surface area contributed by atoms with Crippen molar-refractivity contribution in [3.05, 3.63) is 35.9 Å². The highest BCUT2D eigenvalue weighted by atomic mass is 16.1. The second-order valence-electron chi connectivity index (χ2n) is 5.66. The number of amides is 1. The Kier molecular flexibility index (Phi) is 4.04. The zero-order valence-corrected chi connectivity index (χ0v) is 12.4. The molecule has 1 amide bonds. The monoisotopic (exact) mass is 283 g/mol. The number of anilines is 1. The van der Waals surface area contributed by atoms with Crippen molar-refractivity contribution in [3.8, 4) is 0 Å². The maximum absolute atomic E-state index is 12.4. The van der Waals surface area contributed by atoms with Gasteiger partial charge < -0.3 is 10.6 Å². The Morgan fingerprint density at radius 1 is 1.33 bits per heavy atom. The molecule has 1 heterocycles. The number of hydrogen-bond donors (Lipinski definition) is 2. The van der Waals surface area contributed by atoms with E-state index < -0.39 is 0 Å². The van der Waals surface area contributed by atoms with E-state index in [4.69, 9.17) is 0 Å². The van der Waals surface area contributed by atoms with E-state index in [-0.39, 0.29) is 5.91 Å². The molecule has 1 fully saturated rings. The van der Waals surface area contributed by atoms with Crippen LogP contribution in [0.2, 0.25) is 0 Å². The van der Waals surface area contributed by atoms with Gasteiger partial charge in [0.15, 0.2) is 0 Å². The van der Waals surface area contributed by atoms with Crippen LogP contribution in [0.4, 0.5) is 5.82 Å². The summed E-state index contributed by atoms with van der Waals surface area (Å²) < 4.78 is 0. The van der Waals surface area contributed by atoms with Gasteiger partial charge in [-0.15, -0.1) is 0 Å². The minimum atomic E-state index is -0.0131. The number of carbonyl (C=O) groups excluding carboxylic acids is 1. The lowest BCUT2D eigenvalue weighted by Gasteiger charge is -2.10. The largest absolute Gasteiger partial charge is 0.373 e. The Morgan fingerprint density at radius 2 is 2.14 bits per heavy atom. The summed E-state index contributed by atoms with van der Waals surface area (Å²) in [5.74, 6) is 1.62. The molecular weight excluding hydrogens is 262 g/mol. The first-order valence-electron chi connectivity index (χ1n) is 7.63. The standard InChI is InChI=1S/C17H21N3O/c1-18-16-11-14(13-6-2-3-7-15(13)20-16)17(21)19-10-4-5-12-8-9-12/h2-3,6-7,11-12H,4-5,8-10H2,1H3,(H,18,20)(H,19,21). The van der Waals surface area contributed by atoms with Crippen molar-refractivity contribution in [2.24, 2.45) is 5.92 Å². The van der Waals surface area contributed by atoms with Crippen LogP contribution in [0.25, 0.3) is 10.9 Å². The SMILES string of the molecule is CNc1cc(C(=O)NCCCC2CC2)c2ccccc2n1. The molecule has 3 rings (SSSR count). The number of carbonyl (C=O) groups is 1. The number of rotatable bonds is 6. The summed E-state index contributed by atoms with van der Waals surface area (Å²) in [6.45, 7) is 0.751. The molecule has 2 N–H and O–H groups in total. The van der Waals surface area contributed by atoms with Gasteiger partial charge in [-0.25, -0.2) is 4.98 Å². The van der Waals surface area contributed by atoms with E-state index in [1.165, 1.54) is 19.3 Å². The van der Waals surface area contributed by atoms with E-state index >= 15 is 0 Å². The third kappa shape index (κ3) is 3.32. The zero-order valence-electron chi connectivity index (χ0n) is 12.4. The molecule has 0 atom stereocenters. The van der Waals surface area contributed by atoms with Crippen LogP contribution in [0.5, 0.6) is 0 Å². The molecule has 0 aliphatic heterocycles. The van der Waals surface area contributed by atoms with Gasteiger partial charge in [0.25, 0.3) is 5.91 Å². The minimum Gasteiger partial charge on any atom is -0.373 e. The van der Waals surface area contributed by atoms with Gasteiger partial charge in [0, 0.05) is 19.0 Å². The first-order chi connectivity index (χ1) is 10.3. The van der Waals surface area contributed by atoms with Crippen molar-refractivity contribution in [3.63, 3.8) is 0 Å². The average Bonchev–Trinajstić information content (AvgIpc) is 3.34. The number of nitrogens with zero attached hydrogens (tertiary/aromatic N) is 1. The van der Waals surface area contributed by atoms with E-state index in [1.807, 2.05) is 37.4 Å². The molecule has 2 aromatic rings. The van der Waals surface area contributed by atoms with Crippen LogP contribution in [0.15, 0.2) is 30.3 Å². The molecule has 0 bridgehead atoms. The van der Waals surface area contributed by atoms with Gasteiger partial charge in [-0.2, -0.15) is 0 Å². The van der Waals surface area contributed by atoms with Crippen molar-refractivity contribution in [1.29, 1.82) is 0 Å². The molecule has 0 spiro atoms. The molecule has 0 unspecified atom stereocenters. The number of fused-ring (bicyclic) bond motifs is 1. The molecule has 0 radical (unpaired) electrons. The molecule has 1 aliphatic rings. The molecule has 4 nitrogen and oxygen atoms in total. The van der Waals surface area contributed by atoms with Crippen LogP contribution >= 0.6 is 0 Å². The van der Waals surface area contributed by atoms with Crippen molar-refractivity contribution < 1.29 is 4.79 Å². The molecule has 1 saturated carbocycles. The van der Waals surface area contributed by atoms with Crippen molar-refractivity contribution in [1.82, 2.24) is 10.3 Å². The summed E-state index contributed by atoms with van der Waals surface area (Å²) in [5.41, 5.74) is 1.53. The van der Waals surface area contributed by atoms with Crippen LogP contribution in [0.3, 0.4) is 0 Å². The van der Waals surface area contributed by atoms with Crippen molar-refractivity contribution in [2.45, 2.75) is 25.7 Å². The van der Waals surface area contributed by atoms with Gasteiger partial charge in [0.05, 0.1) is 11.1 Å². The third-order valence-electron chi connectivity index (χ3n) is 3.99. The van der Waals surface area contributed by atoms with E-state index in [9.17, 15) is 4.79 Å². The molecular formula is C17H21N3O. The molecule has 1 aromatic heterocycles. The van der Waals surface area contributed by atoms with Gasteiger partial charge >= 0.3 is 0 Å². The quantitative estimate of drug-likeness (QED) is 0.800. The second kappa shape index (κ2) is 6.12. The van der Waals surface area contributed by atoms with Crippen LogP contribution in [0, 0.1) is 5.92 Å². The summed E-state index contributed by atoms with van der Waals surface area (Å²) in [6, 6.07) is 9.57. The Bertz CT molecular complexity index is 650. The van der Waals surface area contributed by atoms with Crippen LogP contribution in [0.1, 0.15) is 36.0 Å². The maximum Gasteiger partial charge on any atom is 0.252 e. The summed E-state index contributed by atoms with van der Waals surface area (Å²) >= 11 is 0. The van der Waals surface area contributed by atoms with Crippen LogP contribution in [-0.4, -0.2) is 24.5 Å². The average molecular weight is 283 g/mol.